The van der Waals surface area contributed by atoms with Crippen LogP contribution in [0.4, 0.5) is 4.39 Å². The van der Waals surface area contributed by atoms with Gasteiger partial charge in [0.15, 0.2) is 0 Å². The first-order valence-corrected chi connectivity index (χ1v) is 10.2. The molecule has 2 aromatic rings. The molecule has 0 aliphatic carbocycles. The van der Waals surface area contributed by atoms with Crippen molar-refractivity contribution in [2.75, 3.05) is 19.7 Å². The van der Waals surface area contributed by atoms with Crippen LogP contribution in [0.25, 0.3) is 0 Å². The quantitative estimate of drug-likeness (QED) is 0.774. The molecule has 0 unspecified atom stereocenters. The number of halogens is 1. The molecule has 4 heteroatoms. The van der Waals surface area contributed by atoms with E-state index in [4.69, 9.17) is 0 Å². The Hall–Kier alpha value is -2.20. The molecule has 3 nitrogen and oxygen atoms in total. The first-order chi connectivity index (χ1) is 13.5. The third-order valence-corrected chi connectivity index (χ3v) is 5.95. The molecule has 3 rings (SSSR count). The van der Waals surface area contributed by atoms with E-state index in [0.29, 0.717) is 13.0 Å². The van der Waals surface area contributed by atoms with E-state index in [1.54, 1.807) is 12.1 Å². The summed E-state index contributed by atoms with van der Waals surface area (Å²) in [5, 5.41) is 10.2. The van der Waals surface area contributed by atoms with Gasteiger partial charge in [0.1, 0.15) is 5.82 Å². The van der Waals surface area contributed by atoms with Gasteiger partial charge < -0.3 is 10.0 Å². The van der Waals surface area contributed by atoms with E-state index < -0.39 is 0 Å². The van der Waals surface area contributed by atoms with E-state index in [-0.39, 0.29) is 23.7 Å². The van der Waals surface area contributed by atoms with Crippen LogP contribution >= 0.6 is 0 Å². The summed E-state index contributed by atoms with van der Waals surface area (Å²) in [5.41, 5.74) is 3.29. The van der Waals surface area contributed by atoms with E-state index in [9.17, 15) is 14.3 Å². The summed E-state index contributed by atoms with van der Waals surface area (Å²) in [5.74, 6) is -0.0773. The Morgan fingerprint density at radius 3 is 2.64 bits per heavy atom. The molecule has 1 atom stereocenters. The highest BCUT2D eigenvalue weighted by molar-refractivity contribution is 5.76. The number of aliphatic hydroxyl groups is 1. The highest BCUT2D eigenvalue weighted by Gasteiger charge is 2.36. The fourth-order valence-electron chi connectivity index (χ4n) is 4.22. The van der Waals surface area contributed by atoms with Crippen molar-refractivity contribution in [1.29, 1.82) is 0 Å². The Balaban J connectivity index is 1.57. The molecule has 0 spiro atoms. The summed E-state index contributed by atoms with van der Waals surface area (Å²) in [4.78, 5) is 14.7. The number of aryl methyl sites for hydroxylation is 2. The fourth-order valence-corrected chi connectivity index (χ4v) is 4.22. The predicted molar refractivity (Wildman–Crippen MR) is 110 cm³/mol. The molecule has 1 amide bonds. The number of likely N-dealkylation sites (tertiary alicyclic amines) is 1. The van der Waals surface area contributed by atoms with Crippen molar-refractivity contribution in [2.45, 2.75) is 45.4 Å². The number of piperidine rings is 1. The van der Waals surface area contributed by atoms with Gasteiger partial charge in [-0.1, -0.05) is 36.4 Å². The van der Waals surface area contributed by atoms with E-state index in [1.165, 1.54) is 23.3 Å². The first-order valence-electron chi connectivity index (χ1n) is 10.2. The maximum atomic E-state index is 13.0. The lowest BCUT2D eigenvalue weighted by molar-refractivity contribution is -0.135. The molecule has 1 aliphatic rings. The molecule has 0 saturated carbocycles. The van der Waals surface area contributed by atoms with Crippen molar-refractivity contribution in [1.82, 2.24) is 4.90 Å². The highest BCUT2D eigenvalue weighted by atomic mass is 19.1. The molecule has 28 heavy (non-hydrogen) atoms. The lowest BCUT2D eigenvalue weighted by atomic mass is 9.75. The Kier molecular flexibility index (Phi) is 6.84. The van der Waals surface area contributed by atoms with Gasteiger partial charge in [-0.25, -0.2) is 4.39 Å². The predicted octanol–water partition coefficient (Wildman–Crippen LogP) is 4.30. The minimum atomic E-state index is -0.253. The number of hydrogen-bond donors (Lipinski definition) is 1. The van der Waals surface area contributed by atoms with Crippen LogP contribution in [0.5, 0.6) is 0 Å². The molecule has 1 heterocycles. The van der Waals surface area contributed by atoms with Crippen LogP contribution < -0.4 is 0 Å². The number of rotatable bonds is 7. The van der Waals surface area contributed by atoms with Crippen LogP contribution in [0.1, 0.15) is 42.4 Å². The van der Waals surface area contributed by atoms with Crippen LogP contribution in [-0.4, -0.2) is 35.6 Å². The summed E-state index contributed by atoms with van der Waals surface area (Å²) in [6.45, 7) is 3.58. The zero-order chi connectivity index (χ0) is 20.0. The average Bonchev–Trinajstić information content (AvgIpc) is 2.71. The molecule has 2 aromatic carbocycles. The third-order valence-electron chi connectivity index (χ3n) is 5.95. The summed E-state index contributed by atoms with van der Waals surface area (Å²) in [7, 11) is 0. The molecule has 150 valence electrons. The molecular weight excluding hydrogens is 353 g/mol. The standard InChI is InChI=1S/C24H30FNO2/c1-19-6-2-3-8-21(19)16-24(18-27)14-5-15-26(17-24)23(28)9-4-7-20-10-12-22(25)13-11-20/h2-3,6,8,10-13,27H,4-5,7,9,14-18H2,1H3/t24-/m0/s1. The Bertz CT molecular complexity index is 789. The molecular formula is C24H30FNO2. The summed E-state index contributed by atoms with van der Waals surface area (Å²) in [6, 6.07) is 14.8. The molecule has 0 bridgehead atoms. The lowest BCUT2D eigenvalue weighted by Crippen LogP contribution is -2.49. The van der Waals surface area contributed by atoms with Crippen LogP contribution in [0.3, 0.4) is 0 Å². The van der Waals surface area contributed by atoms with Crippen molar-refractivity contribution in [3.05, 3.63) is 71.0 Å². The van der Waals surface area contributed by atoms with Crippen molar-refractivity contribution in [3.63, 3.8) is 0 Å². The first kappa shape index (κ1) is 20.5. The maximum absolute atomic E-state index is 13.0. The molecule has 0 radical (unpaired) electrons. The van der Waals surface area contributed by atoms with E-state index in [2.05, 4.69) is 19.1 Å². The van der Waals surface area contributed by atoms with Crippen LogP contribution in [-0.2, 0) is 17.6 Å². The van der Waals surface area contributed by atoms with Gasteiger partial charge in [-0.3, -0.25) is 4.79 Å². The zero-order valence-electron chi connectivity index (χ0n) is 16.7. The number of carbonyl (C=O) groups excluding carboxylic acids is 1. The maximum Gasteiger partial charge on any atom is 0.222 e. The third kappa shape index (κ3) is 5.20. The number of aliphatic hydroxyl groups excluding tert-OH is 1. The minimum absolute atomic E-state index is 0.0979. The molecule has 0 aromatic heterocycles. The second kappa shape index (κ2) is 9.33. The van der Waals surface area contributed by atoms with E-state index in [1.807, 2.05) is 17.0 Å². The topological polar surface area (TPSA) is 40.5 Å². The van der Waals surface area contributed by atoms with Crippen molar-refractivity contribution < 1.29 is 14.3 Å². The van der Waals surface area contributed by atoms with Gasteiger partial charge in [0.25, 0.3) is 0 Å². The monoisotopic (exact) mass is 383 g/mol. The van der Waals surface area contributed by atoms with Gasteiger partial charge in [0.2, 0.25) is 5.91 Å². The molecule has 1 saturated heterocycles. The SMILES string of the molecule is Cc1ccccc1C[C@@]1(CO)CCCN(C(=O)CCCc2ccc(F)cc2)C1. The van der Waals surface area contributed by atoms with Crippen LogP contribution in [0, 0.1) is 18.2 Å². The minimum Gasteiger partial charge on any atom is -0.396 e. The number of hydrogen-bond acceptors (Lipinski definition) is 2. The van der Waals surface area contributed by atoms with Gasteiger partial charge in [-0.15, -0.1) is 0 Å². The normalized spacial score (nSPS) is 19.6. The highest BCUT2D eigenvalue weighted by Crippen LogP contribution is 2.34. The van der Waals surface area contributed by atoms with Gasteiger partial charge >= 0.3 is 0 Å². The van der Waals surface area contributed by atoms with Gasteiger partial charge in [-0.05, 0) is 67.9 Å². The van der Waals surface area contributed by atoms with Crippen LogP contribution in [0.15, 0.2) is 48.5 Å². The lowest BCUT2D eigenvalue weighted by Gasteiger charge is -2.42. The Morgan fingerprint density at radius 2 is 1.93 bits per heavy atom. The second-order valence-electron chi connectivity index (χ2n) is 8.16. The number of amides is 1. The second-order valence-corrected chi connectivity index (χ2v) is 8.16. The number of carbonyl (C=O) groups is 1. The van der Waals surface area contributed by atoms with Gasteiger partial charge in [-0.2, -0.15) is 0 Å². The summed E-state index contributed by atoms with van der Waals surface area (Å²) >= 11 is 0. The van der Waals surface area contributed by atoms with Gasteiger partial charge in [0.05, 0.1) is 6.61 Å². The average molecular weight is 384 g/mol. The van der Waals surface area contributed by atoms with Crippen LogP contribution in [0.2, 0.25) is 0 Å². The van der Waals surface area contributed by atoms with E-state index >= 15 is 0 Å². The van der Waals surface area contributed by atoms with E-state index in [0.717, 1.165) is 44.2 Å². The van der Waals surface area contributed by atoms with Gasteiger partial charge in [0, 0.05) is 24.9 Å². The Morgan fingerprint density at radius 1 is 1.18 bits per heavy atom. The number of nitrogens with zero attached hydrogens (tertiary/aromatic N) is 1. The summed E-state index contributed by atoms with van der Waals surface area (Å²) in [6.07, 6.45) is 4.69. The molecule has 1 aliphatic heterocycles. The van der Waals surface area contributed by atoms with Crippen molar-refractivity contribution >= 4 is 5.91 Å². The molecule has 1 N–H and O–H groups in total. The fraction of sp³-hybridized carbons (Fsp3) is 0.458. The zero-order valence-corrected chi connectivity index (χ0v) is 16.7. The number of benzene rings is 2. The largest absolute Gasteiger partial charge is 0.396 e. The molecule has 1 fully saturated rings. The smallest absolute Gasteiger partial charge is 0.222 e. The summed E-state index contributed by atoms with van der Waals surface area (Å²) < 4.78 is 13.0. The Labute approximate surface area is 167 Å². The van der Waals surface area contributed by atoms with Crippen molar-refractivity contribution in [2.24, 2.45) is 5.41 Å². The van der Waals surface area contributed by atoms with Crippen molar-refractivity contribution in [3.8, 4) is 0 Å².